The summed E-state index contributed by atoms with van der Waals surface area (Å²) in [7, 11) is -2.29. The number of H-pyrrole nitrogens is 1. The number of anilines is 1. The van der Waals surface area contributed by atoms with Gasteiger partial charge in [0.05, 0.1) is 18.9 Å². The van der Waals surface area contributed by atoms with Gasteiger partial charge < -0.3 is 24.6 Å². The summed E-state index contributed by atoms with van der Waals surface area (Å²) in [5.74, 6) is -4.97. The molecular formula is C20H31F2N5O4SSi. The number of nitrogens with two attached hydrogens (primary N) is 1. The van der Waals surface area contributed by atoms with Crippen LogP contribution in [0.25, 0.3) is 11.2 Å². The fraction of sp³-hybridized carbons (Fsp3) is 0.700. The molecule has 1 aliphatic heterocycles. The molecule has 0 saturated carbocycles. The minimum Gasteiger partial charge on any atom is -0.453 e. The third-order valence-electron chi connectivity index (χ3n) is 6.20. The summed E-state index contributed by atoms with van der Waals surface area (Å²) < 4.78 is 49.8. The second kappa shape index (κ2) is 8.67. The molecule has 1 fully saturated rings. The number of halogens is 2. The van der Waals surface area contributed by atoms with Gasteiger partial charge in [-0.2, -0.15) is 8.78 Å². The van der Waals surface area contributed by atoms with Gasteiger partial charge in [-0.25, -0.2) is 9.97 Å². The van der Waals surface area contributed by atoms with Gasteiger partial charge >= 0.3 is 11.9 Å². The second-order valence-corrected chi connectivity index (χ2v) is 15.3. The van der Waals surface area contributed by atoms with E-state index in [4.69, 9.17) is 31.9 Å². The fourth-order valence-electron chi connectivity index (χ4n) is 3.15. The number of carbonyl (C=O) groups excluding carboxylic acids is 1. The highest BCUT2D eigenvalue weighted by atomic mass is 32.1. The maximum atomic E-state index is 15.7. The molecule has 3 N–H and O–H groups in total. The summed E-state index contributed by atoms with van der Waals surface area (Å²) in [5.41, 5.74) is 6.06. The van der Waals surface area contributed by atoms with Crippen LogP contribution >= 0.6 is 12.2 Å². The number of nitrogens with zero attached hydrogens (tertiary/aromatic N) is 3. The van der Waals surface area contributed by atoms with E-state index >= 15 is 8.78 Å². The van der Waals surface area contributed by atoms with Gasteiger partial charge in [-0.15, -0.1) is 0 Å². The smallest absolute Gasteiger partial charge is 0.331 e. The minimum absolute atomic E-state index is 0.0452. The van der Waals surface area contributed by atoms with E-state index in [9.17, 15) is 4.79 Å². The zero-order valence-electron chi connectivity index (χ0n) is 19.8. The summed E-state index contributed by atoms with van der Waals surface area (Å²) >= 11 is 5.14. The number of alkyl halides is 2. The number of esters is 1. The number of carbonyl (C=O) groups is 1. The van der Waals surface area contributed by atoms with Gasteiger partial charge in [0.15, 0.2) is 25.0 Å². The van der Waals surface area contributed by atoms with Crippen LogP contribution < -0.4 is 5.73 Å². The normalized spacial score (nSPS) is 23.4. The van der Waals surface area contributed by atoms with E-state index in [1.54, 1.807) is 13.8 Å². The predicted molar refractivity (Wildman–Crippen MR) is 124 cm³/mol. The summed E-state index contributed by atoms with van der Waals surface area (Å²) in [4.78, 5) is 23.0. The van der Waals surface area contributed by atoms with Crippen molar-refractivity contribution in [2.75, 3.05) is 12.3 Å². The number of nitrogen functional groups attached to an aromatic ring is 1. The molecule has 33 heavy (non-hydrogen) atoms. The maximum absolute atomic E-state index is 15.7. The van der Waals surface area contributed by atoms with Gasteiger partial charge in [-0.1, -0.05) is 46.8 Å². The largest absolute Gasteiger partial charge is 0.453 e. The van der Waals surface area contributed by atoms with Crippen molar-refractivity contribution in [3.63, 3.8) is 0 Å². The van der Waals surface area contributed by atoms with Crippen molar-refractivity contribution in [2.45, 2.75) is 77.1 Å². The van der Waals surface area contributed by atoms with E-state index in [0.717, 1.165) is 4.57 Å². The molecular weight excluding hydrogens is 472 g/mol. The molecule has 0 aromatic carbocycles. The topological polar surface area (TPSA) is 117 Å². The summed E-state index contributed by atoms with van der Waals surface area (Å²) in [6.45, 7) is 13.1. The molecule has 1 aliphatic rings. The van der Waals surface area contributed by atoms with Crippen LogP contribution in [0.2, 0.25) is 18.1 Å². The SMILES string of the molecule is CC(C)C(=O)O[C@@H]1[C@@H](CO[Si](C)(C)C(C)(C)C)O[C@@H](n2cnc3c(=S)nc(N)[nH]c32)C1(F)F. The quantitative estimate of drug-likeness (QED) is 0.342. The lowest BCUT2D eigenvalue weighted by Gasteiger charge is -2.37. The Morgan fingerprint density at radius 2 is 2.06 bits per heavy atom. The molecule has 2 aromatic heterocycles. The van der Waals surface area contributed by atoms with Crippen LogP contribution in [0.5, 0.6) is 0 Å². The number of nitrogens with one attached hydrogen (secondary N) is 1. The number of aromatic nitrogens is 4. The lowest BCUT2D eigenvalue weighted by molar-refractivity contribution is -0.179. The second-order valence-electron chi connectivity index (χ2n) is 10.1. The first-order valence-electron chi connectivity index (χ1n) is 10.7. The number of hydrogen-bond donors (Lipinski definition) is 2. The number of rotatable bonds is 6. The van der Waals surface area contributed by atoms with E-state index in [1.165, 1.54) is 6.33 Å². The van der Waals surface area contributed by atoms with E-state index < -0.39 is 44.6 Å². The molecule has 0 spiro atoms. The summed E-state index contributed by atoms with van der Waals surface area (Å²) in [5, 5.41) is -0.141. The zero-order chi connectivity index (χ0) is 24.9. The van der Waals surface area contributed by atoms with Crippen molar-refractivity contribution in [1.29, 1.82) is 0 Å². The highest BCUT2D eigenvalue weighted by Gasteiger charge is 2.63. The number of imidazole rings is 1. The highest BCUT2D eigenvalue weighted by molar-refractivity contribution is 7.71. The summed E-state index contributed by atoms with van der Waals surface area (Å²) in [6.07, 6.45) is -3.69. The Morgan fingerprint density at radius 1 is 1.42 bits per heavy atom. The average Bonchev–Trinajstić information content (AvgIpc) is 3.18. The third-order valence-corrected chi connectivity index (χ3v) is 11.0. The van der Waals surface area contributed by atoms with Crippen molar-refractivity contribution in [3.8, 4) is 0 Å². The number of aromatic amines is 1. The fourth-order valence-corrected chi connectivity index (χ4v) is 4.41. The molecule has 0 bridgehead atoms. The van der Waals surface area contributed by atoms with Gasteiger partial charge in [0.25, 0.3) is 0 Å². The van der Waals surface area contributed by atoms with Gasteiger partial charge in [-0.05, 0) is 18.1 Å². The maximum Gasteiger partial charge on any atom is 0.331 e. The lowest BCUT2D eigenvalue weighted by Crippen LogP contribution is -2.47. The standard InChI is InChI=1S/C20H31F2N5O4SSi/c1-10(2)16(28)31-13-11(8-29-33(6,7)19(3,4)5)30-17(20(13,21)22)27-9-24-12-14(27)25-18(23)26-15(12)32/h9-11,13,17H,8H2,1-7H3,(H3,23,25,26,32)/t11-,13-,17-/m1/s1. The van der Waals surface area contributed by atoms with Crippen LogP contribution in [0, 0.1) is 10.6 Å². The van der Waals surface area contributed by atoms with Crippen molar-refractivity contribution >= 4 is 43.6 Å². The third kappa shape index (κ3) is 4.81. The van der Waals surface area contributed by atoms with Gasteiger partial charge in [0, 0.05) is 0 Å². The van der Waals surface area contributed by atoms with Crippen molar-refractivity contribution < 1.29 is 27.5 Å². The first kappa shape index (κ1) is 25.7. The molecule has 0 aliphatic carbocycles. The molecule has 184 valence electrons. The minimum atomic E-state index is -3.59. The average molecular weight is 504 g/mol. The van der Waals surface area contributed by atoms with Crippen LogP contribution in [0.4, 0.5) is 14.7 Å². The highest BCUT2D eigenvalue weighted by Crippen LogP contribution is 2.46. The Labute approximate surface area is 197 Å². The molecule has 3 atom stereocenters. The molecule has 2 aromatic rings. The van der Waals surface area contributed by atoms with E-state index in [1.807, 2.05) is 33.9 Å². The molecule has 1 saturated heterocycles. The Bertz CT molecular complexity index is 1100. The van der Waals surface area contributed by atoms with E-state index in [0.29, 0.717) is 0 Å². The molecule has 0 amide bonds. The van der Waals surface area contributed by atoms with Gasteiger partial charge in [0.2, 0.25) is 6.23 Å². The molecule has 13 heteroatoms. The lowest BCUT2D eigenvalue weighted by atomic mass is 10.1. The first-order valence-corrected chi connectivity index (χ1v) is 14.0. The summed E-state index contributed by atoms with van der Waals surface area (Å²) in [6, 6.07) is 0. The van der Waals surface area contributed by atoms with Crippen LogP contribution in [-0.2, 0) is 18.7 Å². The van der Waals surface area contributed by atoms with Crippen molar-refractivity contribution in [2.24, 2.45) is 5.92 Å². The van der Waals surface area contributed by atoms with Crippen molar-refractivity contribution in [1.82, 2.24) is 19.5 Å². The first-order chi connectivity index (χ1) is 15.1. The van der Waals surface area contributed by atoms with Crippen LogP contribution in [0.1, 0.15) is 40.8 Å². The zero-order valence-corrected chi connectivity index (χ0v) is 21.6. The monoisotopic (exact) mass is 503 g/mol. The Morgan fingerprint density at radius 3 is 2.64 bits per heavy atom. The Balaban J connectivity index is 2.00. The van der Waals surface area contributed by atoms with E-state index in [2.05, 4.69) is 15.0 Å². The van der Waals surface area contributed by atoms with Gasteiger partial charge in [-0.3, -0.25) is 9.36 Å². The molecule has 9 nitrogen and oxygen atoms in total. The molecule has 0 radical (unpaired) electrons. The molecule has 0 unspecified atom stereocenters. The number of hydrogen-bond acceptors (Lipinski definition) is 8. The van der Waals surface area contributed by atoms with Crippen LogP contribution in [0.15, 0.2) is 6.33 Å². The Hall–Kier alpha value is -1.96. The molecule has 3 rings (SSSR count). The van der Waals surface area contributed by atoms with Crippen LogP contribution in [0.3, 0.4) is 0 Å². The predicted octanol–water partition coefficient (Wildman–Crippen LogP) is 4.19. The Kier molecular flexibility index (Phi) is 6.74. The van der Waals surface area contributed by atoms with E-state index in [-0.39, 0.29) is 33.4 Å². The van der Waals surface area contributed by atoms with Gasteiger partial charge in [0.1, 0.15) is 17.3 Å². The van der Waals surface area contributed by atoms with Crippen molar-refractivity contribution in [3.05, 3.63) is 11.0 Å². The number of fused-ring (bicyclic) bond motifs is 1. The molecule has 3 heterocycles. The number of ether oxygens (including phenoxy) is 2. The van der Waals surface area contributed by atoms with Crippen LogP contribution in [-0.4, -0.2) is 58.5 Å².